The second kappa shape index (κ2) is 6.12. The summed E-state index contributed by atoms with van der Waals surface area (Å²) in [6.45, 7) is 3.19. The molecule has 0 radical (unpaired) electrons. The minimum absolute atomic E-state index is 0.138. The highest BCUT2D eigenvalue weighted by molar-refractivity contribution is 6.04. The Hall–Kier alpha value is 0.0569. The Kier molecular flexibility index (Phi) is 5.40. The molecular formula is C11H28N4Si. The normalized spacial score (nSPS) is 23.4. The van der Waals surface area contributed by atoms with Gasteiger partial charge in [0.1, 0.15) is 5.79 Å². The van der Waals surface area contributed by atoms with Crippen LogP contribution in [-0.2, 0) is 0 Å². The van der Waals surface area contributed by atoms with Crippen LogP contribution in [-0.4, -0.2) is 42.4 Å². The zero-order valence-corrected chi connectivity index (χ0v) is 13.2. The number of rotatable bonds is 7. The average molecular weight is 244 g/mol. The van der Waals surface area contributed by atoms with Crippen molar-refractivity contribution in [2.45, 2.75) is 50.4 Å². The zero-order valence-electron chi connectivity index (χ0n) is 11.2. The van der Waals surface area contributed by atoms with Gasteiger partial charge in [-0.1, -0.05) is 19.8 Å². The van der Waals surface area contributed by atoms with E-state index in [1.165, 1.54) is 32.1 Å². The van der Waals surface area contributed by atoms with E-state index in [9.17, 15) is 0 Å². The van der Waals surface area contributed by atoms with Crippen LogP contribution in [0.2, 0.25) is 0 Å². The summed E-state index contributed by atoms with van der Waals surface area (Å²) in [5.74, 6) is -0.138. The molecule has 1 rings (SSSR count). The third kappa shape index (κ3) is 3.04. The Morgan fingerprint density at radius 2 is 1.88 bits per heavy atom. The van der Waals surface area contributed by atoms with Gasteiger partial charge in [0.2, 0.25) is 0 Å². The molecule has 0 spiro atoms. The molecule has 1 saturated carbocycles. The Morgan fingerprint density at radius 1 is 1.25 bits per heavy atom. The van der Waals surface area contributed by atoms with Crippen LogP contribution in [0.1, 0.15) is 39.0 Å². The maximum atomic E-state index is 3.84. The van der Waals surface area contributed by atoms with Crippen LogP contribution in [0.25, 0.3) is 0 Å². The minimum atomic E-state index is -0.138. The van der Waals surface area contributed by atoms with Gasteiger partial charge in [0.15, 0.2) is 0 Å². The standard InChI is InChI=1S/C11H28N4Si/c1-4-10(7-5-6-8-10)14-11(13-3,15-16)9-12-2/h12-15H,4-9H2,1-3,16H3. The topological polar surface area (TPSA) is 48.1 Å². The number of nitrogens with one attached hydrogen (secondary N) is 4. The summed E-state index contributed by atoms with van der Waals surface area (Å²) in [5.41, 5.74) is 0.331. The molecule has 0 bridgehead atoms. The molecule has 4 nitrogen and oxygen atoms in total. The van der Waals surface area contributed by atoms with Crippen molar-refractivity contribution in [2.24, 2.45) is 0 Å². The Bertz CT molecular complexity index is 200. The lowest BCUT2D eigenvalue weighted by molar-refractivity contribution is 0.157. The molecule has 5 heteroatoms. The van der Waals surface area contributed by atoms with E-state index in [0.717, 1.165) is 16.9 Å². The van der Waals surface area contributed by atoms with Gasteiger partial charge in [-0.25, -0.2) is 0 Å². The zero-order chi connectivity index (χ0) is 12.1. The van der Waals surface area contributed by atoms with Crippen molar-refractivity contribution in [1.29, 1.82) is 0 Å². The van der Waals surface area contributed by atoms with Crippen LogP contribution in [0.15, 0.2) is 0 Å². The summed E-state index contributed by atoms with van der Waals surface area (Å²) in [4.78, 5) is 3.51. The third-order valence-electron chi connectivity index (χ3n) is 4.01. The average Bonchev–Trinajstić information content (AvgIpc) is 2.77. The van der Waals surface area contributed by atoms with Gasteiger partial charge in [-0.15, -0.1) is 0 Å². The van der Waals surface area contributed by atoms with Crippen LogP contribution in [0.4, 0.5) is 0 Å². The van der Waals surface area contributed by atoms with Gasteiger partial charge < -0.3 is 10.3 Å². The van der Waals surface area contributed by atoms with Crippen molar-refractivity contribution < 1.29 is 0 Å². The van der Waals surface area contributed by atoms with Crippen molar-refractivity contribution in [3.8, 4) is 0 Å². The second-order valence-corrected chi connectivity index (χ2v) is 5.40. The fraction of sp³-hybridized carbons (Fsp3) is 1.00. The predicted molar refractivity (Wildman–Crippen MR) is 73.4 cm³/mol. The SMILES string of the molecule is CCC1(NC(CNC)(NC)N[SiH3])CCCC1. The molecule has 0 aromatic carbocycles. The fourth-order valence-electron chi connectivity index (χ4n) is 2.81. The van der Waals surface area contributed by atoms with Crippen LogP contribution >= 0.6 is 0 Å². The number of hydrogen-bond acceptors (Lipinski definition) is 4. The first kappa shape index (κ1) is 14.1. The number of likely N-dealkylation sites (N-methyl/N-ethyl adjacent to an activating group) is 2. The first-order valence-corrected chi connectivity index (χ1v) is 7.47. The molecule has 1 fully saturated rings. The lowest BCUT2D eigenvalue weighted by Gasteiger charge is -2.43. The van der Waals surface area contributed by atoms with E-state index in [0.29, 0.717) is 5.54 Å². The van der Waals surface area contributed by atoms with Crippen LogP contribution in [0, 0.1) is 0 Å². The number of hydrogen-bond donors (Lipinski definition) is 4. The van der Waals surface area contributed by atoms with E-state index in [-0.39, 0.29) is 5.79 Å². The molecule has 0 saturated heterocycles. The Morgan fingerprint density at radius 3 is 2.25 bits per heavy atom. The summed E-state index contributed by atoms with van der Waals surface area (Å²) in [7, 11) is 5.00. The Labute approximate surface area is 103 Å². The summed E-state index contributed by atoms with van der Waals surface area (Å²) < 4.78 is 0. The van der Waals surface area contributed by atoms with Crippen molar-refractivity contribution in [1.82, 2.24) is 20.9 Å². The molecular weight excluding hydrogens is 216 g/mol. The van der Waals surface area contributed by atoms with Crippen molar-refractivity contribution >= 4 is 10.4 Å². The molecule has 1 unspecified atom stereocenters. The minimum Gasteiger partial charge on any atom is -0.316 e. The molecule has 0 aliphatic heterocycles. The summed E-state index contributed by atoms with van der Waals surface area (Å²) in [6.07, 6.45) is 6.55. The molecule has 4 N–H and O–H groups in total. The van der Waals surface area contributed by atoms with Crippen molar-refractivity contribution in [3.63, 3.8) is 0 Å². The van der Waals surface area contributed by atoms with E-state index in [2.05, 4.69) is 27.9 Å². The molecule has 0 aromatic heterocycles. The van der Waals surface area contributed by atoms with Gasteiger partial charge >= 0.3 is 0 Å². The molecule has 1 aliphatic carbocycles. The van der Waals surface area contributed by atoms with Crippen molar-refractivity contribution in [2.75, 3.05) is 20.6 Å². The van der Waals surface area contributed by atoms with E-state index in [4.69, 9.17) is 0 Å². The van der Waals surface area contributed by atoms with Gasteiger partial charge in [-0.3, -0.25) is 10.6 Å². The first-order valence-electron chi connectivity index (χ1n) is 6.47. The fourth-order valence-corrected chi connectivity index (χ4v) is 3.36. The second-order valence-electron chi connectivity index (χ2n) is 4.90. The highest BCUT2D eigenvalue weighted by atomic mass is 28.2. The molecule has 0 heterocycles. The van der Waals surface area contributed by atoms with Gasteiger partial charge in [0, 0.05) is 12.1 Å². The van der Waals surface area contributed by atoms with Gasteiger partial charge in [-0.05, 0) is 33.4 Å². The van der Waals surface area contributed by atoms with Gasteiger partial charge in [0.05, 0.1) is 10.4 Å². The molecule has 1 aliphatic rings. The largest absolute Gasteiger partial charge is 0.316 e. The monoisotopic (exact) mass is 244 g/mol. The van der Waals surface area contributed by atoms with Crippen LogP contribution in [0.3, 0.4) is 0 Å². The lowest BCUT2D eigenvalue weighted by atomic mass is 9.93. The molecule has 0 aromatic rings. The predicted octanol–water partition coefficient (Wildman–Crippen LogP) is -0.739. The Balaban J connectivity index is 2.72. The quantitative estimate of drug-likeness (QED) is 0.352. The highest BCUT2D eigenvalue weighted by Crippen LogP contribution is 2.33. The maximum absolute atomic E-state index is 3.84. The summed E-state index contributed by atoms with van der Waals surface area (Å²) in [6, 6.07) is 0. The van der Waals surface area contributed by atoms with Gasteiger partial charge in [-0.2, -0.15) is 0 Å². The molecule has 96 valence electrons. The highest BCUT2D eigenvalue weighted by Gasteiger charge is 2.39. The van der Waals surface area contributed by atoms with Crippen molar-refractivity contribution in [3.05, 3.63) is 0 Å². The van der Waals surface area contributed by atoms with Gasteiger partial charge in [0.25, 0.3) is 0 Å². The lowest BCUT2D eigenvalue weighted by Crippen LogP contribution is -2.73. The van der Waals surface area contributed by atoms with Crippen LogP contribution < -0.4 is 20.9 Å². The van der Waals surface area contributed by atoms with E-state index < -0.39 is 0 Å². The molecule has 1 atom stereocenters. The van der Waals surface area contributed by atoms with Crippen LogP contribution in [0.5, 0.6) is 0 Å². The van der Waals surface area contributed by atoms with E-state index in [1.54, 1.807) is 0 Å². The summed E-state index contributed by atoms with van der Waals surface area (Å²) in [5, 5.41) is 10.5. The maximum Gasteiger partial charge on any atom is 0.129 e. The van der Waals surface area contributed by atoms with E-state index >= 15 is 0 Å². The summed E-state index contributed by atoms with van der Waals surface area (Å²) >= 11 is 0. The smallest absolute Gasteiger partial charge is 0.129 e. The van der Waals surface area contributed by atoms with E-state index in [1.807, 2.05) is 14.1 Å². The molecule has 0 amide bonds. The molecule has 16 heavy (non-hydrogen) atoms. The first-order chi connectivity index (χ1) is 7.66. The third-order valence-corrected chi connectivity index (χ3v) is 4.87.